The summed E-state index contributed by atoms with van der Waals surface area (Å²) in [6.07, 6.45) is 0. The highest BCUT2D eigenvalue weighted by Crippen LogP contribution is 2.30. The van der Waals surface area contributed by atoms with Crippen molar-refractivity contribution < 1.29 is 4.39 Å². The average molecular weight is 290 g/mol. The summed E-state index contributed by atoms with van der Waals surface area (Å²) in [6.45, 7) is 1.92. The number of anilines is 1. The molecule has 0 saturated carbocycles. The number of halogens is 3. The fourth-order valence-corrected chi connectivity index (χ4v) is 2.69. The van der Waals surface area contributed by atoms with Gasteiger partial charge in [-0.1, -0.05) is 23.2 Å². The molecule has 1 heterocycles. The second-order valence-electron chi connectivity index (χ2n) is 3.67. The number of benzene rings is 1. The maximum Gasteiger partial charge on any atom is 0.142 e. The number of thiophene rings is 1. The summed E-state index contributed by atoms with van der Waals surface area (Å²) in [4.78, 5) is 0. The Kier molecular flexibility index (Phi) is 3.92. The Morgan fingerprint density at radius 1 is 1.29 bits per heavy atom. The first-order valence-corrected chi connectivity index (χ1v) is 6.71. The Balaban J connectivity index is 2.24. The molecule has 0 aliphatic heterocycles. The van der Waals surface area contributed by atoms with Gasteiger partial charge in [0, 0.05) is 16.1 Å². The van der Waals surface area contributed by atoms with Crippen molar-refractivity contribution in [3.8, 4) is 0 Å². The highest BCUT2D eigenvalue weighted by atomic mass is 35.5. The van der Waals surface area contributed by atoms with Crippen LogP contribution in [0.25, 0.3) is 0 Å². The lowest BCUT2D eigenvalue weighted by molar-refractivity contribution is 0.624. The second-order valence-corrected chi connectivity index (χ2v) is 5.26. The molecule has 1 aromatic carbocycles. The monoisotopic (exact) mass is 289 g/mol. The lowest BCUT2D eigenvalue weighted by Crippen LogP contribution is -2.07. The van der Waals surface area contributed by atoms with Gasteiger partial charge in [0.1, 0.15) is 5.82 Å². The lowest BCUT2D eigenvalue weighted by atomic mass is 10.1. The van der Waals surface area contributed by atoms with E-state index in [-0.39, 0.29) is 11.1 Å². The van der Waals surface area contributed by atoms with Crippen LogP contribution in [0.1, 0.15) is 18.5 Å². The first-order chi connectivity index (χ1) is 8.08. The van der Waals surface area contributed by atoms with Crippen LogP contribution in [-0.4, -0.2) is 0 Å². The highest BCUT2D eigenvalue weighted by molar-refractivity contribution is 7.08. The number of hydrogen-bond donors (Lipinski definition) is 1. The number of hydrogen-bond acceptors (Lipinski definition) is 2. The Morgan fingerprint density at radius 3 is 2.71 bits per heavy atom. The van der Waals surface area contributed by atoms with Gasteiger partial charge in [0.15, 0.2) is 0 Å². The van der Waals surface area contributed by atoms with Gasteiger partial charge >= 0.3 is 0 Å². The van der Waals surface area contributed by atoms with Crippen molar-refractivity contribution in [2.75, 3.05) is 5.32 Å². The van der Waals surface area contributed by atoms with Crippen LogP contribution in [-0.2, 0) is 0 Å². The van der Waals surface area contributed by atoms with E-state index in [4.69, 9.17) is 23.2 Å². The zero-order chi connectivity index (χ0) is 12.4. The van der Waals surface area contributed by atoms with Crippen LogP contribution in [0.2, 0.25) is 10.0 Å². The second kappa shape index (κ2) is 5.25. The van der Waals surface area contributed by atoms with Gasteiger partial charge in [-0.3, -0.25) is 0 Å². The topological polar surface area (TPSA) is 12.0 Å². The molecule has 0 radical (unpaired) electrons. The number of nitrogens with one attached hydrogen (secondary N) is 1. The quantitative estimate of drug-likeness (QED) is 0.750. The molecule has 0 spiro atoms. The molecule has 2 rings (SSSR count). The third-order valence-corrected chi connectivity index (χ3v) is 3.71. The van der Waals surface area contributed by atoms with E-state index in [1.165, 1.54) is 12.1 Å². The maximum atomic E-state index is 13.4. The average Bonchev–Trinajstić information content (AvgIpc) is 2.76. The summed E-state index contributed by atoms with van der Waals surface area (Å²) in [7, 11) is 0. The Labute approximate surface area is 113 Å². The SMILES string of the molecule is CC(Nc1ccsc1)c1cc(F)c(Cl)cc1Cl. The fraction of sp³-hybridized carbons (Fsp3) is 0.167. The minimum absolute atomic E-state index is 0.0430. The molecule has 90 valence electrons. The van der Waals surface area contributed by atoms with Crippen LogP contribution < -0.4 is 5.32 Å². The van der Waals surface area contributed by atoms with E-state index in [0.717, 1.165) is 5.69 Å². The molecule has 0 aliphatic rings. The molecule has 0 amide bonds. The largest absolute Gasteiger partial charge is 0.378 e. The molecule has 1 atom stereocenters. The van der Waals surface area contributed by atoms with Gasteiger partial charge in [-0.2, -0.15) is 11.3 Å². The van der Waals surface area contributed by atoms with Crippen molar-refractivity contribution in [3.63, 3.8) is 0 Å². The van der Waals surface area contributed by atoms with Crippen LogP contribution >= 0.6 is 34.5 Å². The molecule has 0 bridgehead atoms. The molecule has 1 aromatic heterocycles. The normalized spacial score (nSPS) is 12.5. The third-order valence-electron chi connectivity index (χ3n) is 2.41. The van der Waals surface area contributed by atoms with E-state index in [1.807, 2.05) is 23.8 Å². The molecule has 0 fully saturated rings. The van der Waals surface area contributed by atoms with E-state index in [9.17, 15) is 4.39 Å². The molecule has 17 heavy (non-hydrogen) atoms. The summed E-state index contributed by atoms with van der Waals surface area (Å²) < 4.78 is 13.4. The fourth-order valence-electron chi connectivity index (χ4n) is 1.54. The first-order valence-electron chi connectivity index (χ1n) is 5.01. The van der Waals surface area contributed by atoms with Gasteiger partial charge in [0.25, 0.3) is 0 Å². The van der Waals surface area contributed by atoms with Crippen LogP contribution in [0.5, 0.6) is 0 Å². The first kappa shape index (κ1) is 12.7. The highest BCUT2D eigenvalue weighted by Gasteiger charge is 2.13. The van der Waals surface area contributed by atoms with Gasteiger partial charge in [-0.15, -0.1) is 0 Å². The Morgan fingerprint density at radius 2 is 2.06 bits per heavy atom. The van der Waals surface area contributed by atoms with Crippen molar-refractivity contribution in [2.45, 2.75) is 13.0 Å². The van der Waals surface area contributed by atoms with E-state index in [1.54, 1.807) is 11.3 Å². The summed E-state index contributed by atoms with van der Waals surface area (Å²) in [5.74, 6) is -0.454. The van der Waals surface area contributed by atoms with Crippen molar-refractivity contribution >= 4 is 40.2 Å². The van der Waals surface area contributed by atoms with Gasteiger partial charge in [0.2, 0.25) is 0 Å². The van der Waals surface area contributed by atoms with Gasteiger partial charge in [-0.05, 0) is 36.1 Å². The molecule has 2 aromatic rings. The molecule has 1 nitrogen and oxygen atoms in total. The van der Waals surface area contributed by atoms with Gasteiger partial charge in [0.05, 0.1) is 11.1 Å². The molecular formula is C12H10Cl2FNS. The van der Waals surface area contributed by atoms with Crippen LogP contribution in [0.15, 0.2) is 29.0 Å². The predicted octanol–water partition coefficient (Wildman–Crippen LogP) is 5.37. The van der Waals surface area contributed by atoms with E-state index < -0.39 is 5.82 Å². The van der Waals surface area contributed by atoms with Crippen LogP contribution in [0, 0.1) is 5.82 Å². The molecule has 1 N–H and O–H groups in total. The molecule has 0 aliphatic carbocycles. The van der Waals surface area contributed by atoms with Crippen molar-refractivity contribution in [1.29, 1.82) is 0 Å². The van der Waals surface area contributed by atoms with E-state index in [2.05, 4.69) is 5.32 Å². The van der Waals surface area contributed by atoms with Crippen LogP contribution in [0.4, 0.5) is 10.1 Å². The molecule has 0 saturated heterocycles. The van der Waals surface area contributed by atoms with Gasteiger partial charge in [-0.25, -0.2) is 4.39 Å². The Bertz CT molecular complexity index is 513. The van der Waals surface area contributed by atoms with E-state index >= 15 is 0 Å². The minimum atomic E-state index is -0.454. The molecular weight excluding hydrogens is 280 g/mol. The maximum absolute atomic E-state index is 13.4. The zero-order valence-corrected chi connectivity index (χ0v) is 11.3. The van der Waals surface area contributed by atoms with Crippen LogP contribution in [0.3, 0.4) is 0 Å². The summed E-state index contributed by atoms with van der Waals surface area (Å²) in [6, 6.07) is 4.68. The van der Waals surface area contributed by atoms with Gasteiger partial charge < -0.3 is 5.32 Å². The Hall–Kier alpha value is -0.770. The van der Waals surface area contributed by atoms with Crippen molar-refractivity contribution in [1.82, 2.24) is 0 Å². The smallest absolute Gasteiger partial charge is 0.142 e. The summed E-state index contributed by atoms with van der Waals surface area (Å²) in [5.41, 5.74) is 1.69. The standard InChI is InChI=1S/C12H10Cl2FNS/c1-7(16-8-2-3-17-6-8)9-4-12(15)11(14)5-10(9)13/h2-7,16H,1H3. The third kappa shape index (κ3) is 2.92. The molecule has 5 heteroatoms. The van der Waals surface area contributed by atoms with Crippen molar-refractivity contribution in [2.24, 2.45) is 0 Å². The summed E-state index contributed by atoms with van der Waals surface area (Å²) >= 11 is 13.3. The molecule has 1 unspecified atom stereocenters. The van der Waals surface area contributed by atoms with E-state index in [0.29, 0.717) is 10.6 Å². The van der Waals surface area contributed by atoms with Crippen molar-refractivity contribution in [3.05, 3.63) is 50.4 Å². The lowest BCUT2D eigenvalue weighted by Gasteiger charge is -2.16. The minimum Gasteiger partial charge on any atom is -0.378 e. The number of rotatable bonds is 3. The summed E-state index contributed by atoms with van der Waals surface area (Å²) in [5, 5.41) is 7.70. The zero-order valence-electron chi connectivity index (χ0n) is 9.01. The predicted molar refractivity (Wildman–Crippen MR) is 72.8 cm³/mol.